The molecule has 0 amide bonds. The summed E-state index contributed by atoms with van der Waals surface area (Å²) in [5, 5.41) is 3.36. The summed E-state index contributed by atoms with van der Waals surface area (Å²) in [5.74, 6) is 0.236. The van der Waals surface area contributed by atoms with Gasteiger partial charge in [0.1, 0.15) is 0 Å². The van der Waals surface area contributed by atoms with E-state index in [1.807, 2.05) is 0 Å². The maximum absolute atomic E-state index is 12.1. The summed E-state index contributed by atoms with van der Waals surface area (Å²) in [6.45, 7) is 7.19. The minimum absolute atomic E-state index is 0.0308. The molecular weight excluding hydrogens is 368 g/mol. The van der Waals surface area contributed by atoms with Gasteiger partial charge in [-0.05, 0) is 67.2 Å². The number of esters is 1. The Morgan fingerprint density at radius 2 is 2.05 bits per heavy atom. The molecular formula is C16H24BrClN2O2. The monoisotopic (exact) mass is 390 g/mol. The zero-order valence-corrected chi connectivity index (χ0v) is 15.7. The Morgan fingerprint density at radius 1 is 1.36 bits per heavy atom. The van der Waals surface area contributed by atoms with Gasteiger partial charge in [0, 0.05) is 22.4 Å². The summed E-state index contributed by atoms with van der Waals surface area (Å²) < 4.78 is 5.95. The minimum Gasteiger partial charge on any atom is -0.462 e. The highest BCUT2D eigenvalue weighted by molar-refractivity contribution is 9.10. The van der Waals surface area contributed by atoms with E-state index in [1.54, 1.807) is 12.1 Å². The number of nitrogens with two attached hydrogens (primary N) is 1. The fourth-order valence-corrected chi connectivity index (χ4v) is 2.43. The van der Waals surface area contributed by atoms with Crippen molar-refractivity contribution in [3.63, 3.8) is 0 Å². The smallest absolute Gasteiger partial charge is 0.338 e. The van der Waals surface area contributed by atoms with Gasteiger partial charge in [-0.25, -0.2) is 4.79 Å². The number of nitrogens with one attached hydrogen (secondary N) is 1. The van der Waals surface area contributed by atoms with Crippen molar-refractivity contribution in [3.8, 4) is 0 Å². The molecule has 124 valence electrons. The average Bonchev–Trinajstić information content (AvgIpc) is 2.43. The topological polar surface area (TPSA) is 64.3 Å². The second-order valence-electron chi connectivity index (χ2n) is 6.17. The maximum atomic E-state index is 12.1. The second-order valence-corrected chi connectivity index (χ2v) is 7.40. The lowest BCUT2D eigenvalue weighted by molar-refractivity contribution is 0.0499. The maximum Gasteiger partial charge on any atom is 0.338 e. The van der Waals surface area contributed by atoms with E-state index in [1.165, 1.54) is 0 Å². The van der Waals surface area contributed by atoms with Gasteiger partial charge >= 0.3 is 5.97 Å². The molecule has 0 aliphatic heterocycles. The van der Waals surface area contributed by atoms with Gasteiger partial charge in [-0.2, -0.15) is 0 Å². The third kappa shape index (κ3) is 6.55. The highest BCUT2D eigenvalue weighted by atomic mass is 79.9. The number of benzene rings is 1. The molecule has 0 aromatic heterocycles. The molecule has 0 fully saturated rings. The molecule has 1 aromatic carbocycles. The normalized spacial score (nSPS) is 11.5. The molecule has 1 rings (SSSR count). The Morgan fingerprint density at radius 3 is 2.64 bits per heavy atom. The summed E-state index contributed by atoms with van der Waals surface area (Å²) in [4.78, 5) is 12.1. The number of hydrogen-bond acceptors (Lipinski definition) is 4. The number of rotatable bonds is 7. The Labute approximate surface area is 145 Å². The van der Waals surface area contributed by atoms with Crippen molar-refractivity contribution >= 4 is 39.2 Å². The summed E-state index contributed by atoms with van der Waals surface area (Å²) in [5.41, 5.74) is 8.04. The van der Waals surface area contributed by atoms with Crippen molar-refractivity contribution in [1.82, 2.24) is 5.32 Å². The van der Waals surface area contributed by atoms with Crippen LogP contribution in [0.1, 0.15) is 49.5 Å². The van der Waals surface area contributed by atoms with E-state index >= 15 is 0 Å². The number of ether oxygens (including phenoxy) is 1. The molecule has 0 spiro atoms. The number of alkyl halides is 1. The molecule has 0 radical (unpaired) electrons. The van der Waals surface area contributed by atoms with Gasteiger partial charge in [0.05, 0.1) is 17.9 Å². The van der Waals surface area contributed by atoms with Crippen LogP contribution in [0.5, 0.6) is 0 Å². The van der Waals surface area contributed by atoms with E-state index in [0.717, 1.165) is 18.4 Å². The van der Waals surface area contributed by atoms with Crippen LogP contribution in [0.3, 0.4) is 0 Å². The van der Waals surface area contributed by atoms with E-state index in [0.29, 0.717) is 34.8 Å². The standard InChI is InChI=1S/C16H24BrClN2O2/c1-16(2,3)20-10-12-8-11(9-13(17)14(12)19)15(21)22-7-5-4-6-18/h8-9,20H,4-7,10,19H2,1-3H3. The van der Waals surface area contributed by atoms with Crippen molar-refractivity contribution < 1.29 is 9.53 Å². The van der Waals surface area contributed by atoms with Crippen LogP contribution < -0.4 is 11.1 Å². The predicted molar refractivity (Wildman–Crippen MR) is 95.4 cm³/mol. The van der Waals surface area contributed by atoms with Crippen molar-refractivity contribution in [1.29, 1.82) is 0 Å². The van der Waals surface area contributed by atoms with E-state index in [2.05, 4.69) is 42.0 Å². The van der Waals surface area contributed by atoms with Gasteiger partial charge in [-0.15, -0.1) is 11.6 Å². The summed E-state index contributed by atoms with van der Waals surface area (Å²) >= 11 is 9.00. The molecule has 3 N–H and O–H groups in total. The predicted octanol–water partition coefficient (Wildman–Crippen LogP) is 4.10. The molecule has 6 heteroatoms. The number of anilines is 1. The Hall–Kier alpha value is -0.780. The molecule has 4 nitrogen and oxygen atoms in total. The number of halogens is 2. The first-order chi connectivity index (χ1) is 10.2. The molecule has 0 saturated carbocycles. The summed E-state index contributed by atoms with van der Waals surface area (Å²) in [6.07, 6.45) is 1.60. The van der Waals surface area contributed by atoms with Gasteiger partial charge < -0.3 is 15.8 Å². The molecule has 0 aliphatic carbocycles. The molecule has 0 heterocycles. The largest absolute Gasteiger partial charge is 0.462 e. The van der Waals surface area contributed by atoms with Crippen molar-refractivity contribution in [2.75, 3.05) is 18.2 Å². The van der Waals surface area contributed by atoms with Crippen LogP contribution in [0.2, 0.25) is 0 Å². The molecule has 0 aliphatic rings. The fraction of sp³-hybridized carbons (Fsp3) is 0.562. The van der Waals surface area contributed by atoms with E-state index in [9.17, 15) is 4.79 Å². The molecule has 0 atom stereocenters. The van der Waals surface area contributed by atoms with Crippen molar-refractivity contribution in [2.45, 2.75) is 45.7 Å². The Balaban J connectivity index is 2.79. The zero-order chi connectivity index (χ0) is 16.8. The van der Waals surface area contributed by atoms with Gasteiger partial charge in [-0.3, -0.25) is 0 Å². The lowest BCUT2D eigenvalue weighted by atomic mass is 10.1. The van der Waals surface area contributed by atoms with Crippen LogP contribution >= 0.6 is 27.5 Å². The SMILES string of the molecule is CC(C)(C)NCc1cc(C(=O)OCCCCCl)cc(Br)c1N. The van der Waals surface area contributed by atoms with E-state index in [-0.39, 0.29) is 11.5 Å². The third-order valence-electron chi connectivity index (χ3n) is 3.02. The number of hydrogen-bond donors (Lipinski definition) is 2. The van der Waals surface area contributed by atoms with Crippen LogP contribution in [0.15, 0.2) is 16.6 Å². The number of carbonyl (C=O) groups excluding carboxylic acids is 1. The first-order valence-electron chi connectivity index (χ1n) is 7.30. The summed E-state index contributed by atoms with van der Waals surface area (Å²) in [6, 6.07) is 3.47. The third-order valence-corrected chi connectivity index (χ3v) is 3.94. The number of carbonyl (C=O) groups is 1. The minimum atomic E-state index is -0.340. The highest BCUT2D eigenvalue weighted by Gasteiger charge is 2.15. The van der Waals surface area contributed by atoms with Crippen LogP contribution in [0.4, 0.5) is 5.69 Å². The molecule has 22 heavy (non-hydrogen) atoms. The molecule has 1 aromatic rings. The molecule has 0 saturated heterocycles. The number of nitrogen functional groups attached to an aromatic ring is 1. The molecule has 0 unspecified atom stereocenters. The van der Waals surface area contributed by atoms with Crippen LogP contribution in [0, 0.1) is 0 Å². The zero-order valence-electron chi connectivity index (χ0n) is 13.3. The fourth-order valence-electron chi connectivity index (χ4n) is 1.74. The van der Waals surface area contributed by atoms with E-state index in [4.69, 9.17) is 22.1 Å². The second kappa shape index (κ2) is 8.75. The van der Waals surface area contributed by atoms with Gasteiger partial charge in [0.2, 0.25) is 0 Å². The number of unbranched alkanes of at least 4 members (excludes halogenated alkanes) is 1. The van der Waals surface area contributed by atoms with E-state index < -0.39 is 0 Å². The van der Waals surface area contributed by atoms with Gasteiger partial charge in [-0.1, -0.05) is 0 Å². The quantitative estimate of drug-likeness (QED) is 0.318. The van der Waals surface area contributed by atoms with Gasteiger partial charge in [0.25, 0.3) is 0 Å². The lowest BCUT2D eigenvalue weighted by Gasteiger charge is -2.21. The lowest BCUT2D eigenvalue weighted by Crippen LogP contribution is -2.35. The average molecular weight is 392 g/mol. The van der Waals surface area contributed by atoms with Crippen molar-refractivity contribution in [2.24, 2.45) is 0 Å². The van der Waals surface area contributed by atoms with Crippen molar-refractivity contribution in [3.05, 3.63) is 27.7 Å². The van der Waals surface area contributed by atoms with Crippen LogP contribution in [0.25, 0.3) is 0 Å². The Bertz CT molecular complexity index is 516. The first-order valence-corrected chi connectivity index (χ1v) is 8.63. The van der Waals surface area contributed by atoms with Crippen LogP contribution in [-0.4, -0.2) is 24.0 Å². The van der Waals surface area contributed by atoms with Gasteiger partial charge in [0.15, 0.2) is 0 Å². The van der Waals surface area contributed by atoms with Crippen LogP contribution in [-0.2, 0) is 11.3 Å². The Kier molecular flexibility index (Phi) is 7.66. The highest BCUT2D eigenvalue weighted by Crippen LogP contribution is 2.26. The molecule has 0 bridgehead atoms. The first kappa shape index (κ1) is 19.3. The summed E-state index contributed by atoms with van der Waals surface area (Å²) in [7, 11) is 0.